The van der Waals surface area contributed by atoms with Crippen LogP contribution in [0.2, 0.25) is 0 Å². The second-order valence-electron chi connectivity index (χ2n) is 7.68. The zero-order valence-corrected chi connectivity index (χ0v) is 13.9. The van der Waals surface area contributed by atoms with E-state index in [1.54, 1.807) is 0 Å². The molecular weight excluding hydrogens is 258 g/mol. The number of fused-ring (bicyclic) bond motifs is 2. The molecule has 1 N–H and O–H groups in total. The van der Waals surface area contributed by atoms with Crippen molar-refractivity contribution in [1.82, 2.24) is 5.32 Å². The smallest absolute Gasteiger partial charge is 0.0665 e. The van der Waals surface area contributed by atoms with Crippen LogP contribution in [0.25, 0.3) is 0 Å². The van der Waals surface area contributed by atoms with Gasteiger partial charge in [-0.3, -0.25) is 0 Å². The predicted octanol–water partition coefficient (Wildman–Crippen LogP) is 4.18. The highest BCUT2D eigenvalue weighted by molar-refractivity contribution is 5.19. The van der Waals surface area contributed by atoms with E-state index in [9.17, 15) is 0 Å². The van der Waals surface area contributed by atoms with Crippen molar-refractivity contribution in [2.75, 3.05) is 13.7 Å². The topological polar surface area (TPSA) is 21.3 Å². The van der Waals surface area contributed by atoms with E-state index in [0.29, 0.717) is 16.9 Å². The van der Waals surface area contributed by atoms with Gasteiger partial charge >= 0.3 is 0 Å². The van der Waals surface area contributed by atoms with Gasteiger partial charge in [-0.05, 0) is 48.6 Å². The van der Waals surface area contributed by atoms with E-state index in [4.69, 9.17) is 4.74 Å². The summed E-state index contributed by atoms with van der Waals surface area (Å²) in [5, 5.41) is 3.39. The Hall–Kier alpha value is -0.860. The van der Waals surface area contributed by atoms with Gasteiger partial charge in [0.2, 0.25) is 0 Å². The number of rotatable bonds is 5. The van der Waals surface area contributed by atoms with Crippen molar-refractivity contribution in [2.45, 2.75) is 52.2 Å². The fourth-order valence-corrected chi connectivity index (χ4v) is 4.63. The van der Waals surface area contributed by atoms with Crippen LogP contribution in [-0.2, 0) is 4.74 Å². The van der Waals surface area contributed by atoms with Crippen molar-refractivity contribution in [3.8, 4) is 0 Å². The third kappa shape index (κ3) is 2.33. The molecule has 116 valence electrons. The monoisotopic (exact) mass is 287 g/mol. The Labute approximate surface area is 129 Å². The number of ether oxygens (including phenoxy) is 1. The summed E-state index contributed by atoms with van der Waals surface area (Å²) in [5.41, 5.74) is 2.10. The molecule has 2 fully saturated rings. The van der Waals surface area contributed by atoms with E-state index in [1.165, 1.54) is 24.8 Å². The second kappa shape index (κ2) is 5.40. The number of nitrogens with one attached hydrogen (secondary N) is 1. The molecule has 0 heterocycles. The van der Waals surface area contributed by atoms with Crippen LogP contribution in [0.1, 0.15) is 51.6 Å². The van der Waals surface area contributed by atoms with Crippen LogP contribution < -0.4 is 5.32 Å². The molecule has 3 rings (SSSR count). The fourth-order valence-electron chi connectivity index (χ4n) is 4.63. The van der Waals surface area contributed by atoms with Gasteiger partial charge in [-0.1, -0.05) is 51.1 Å². The Kier molecular flexibility index (Phi) is 3.87. The molecule has 4 atom stereocenters. The van der Waals surface area contributed by atoms with Crippen LogP contribution in [0.4, 0.5) is 0 Å². The molecule has 2 heteroatoms. The molecule has 1 unspecified atom stereocenters. The number of benzene rings is 1. The molecule has 2 bridgehead atoms. The lowest BCUT2D eigenvalue weighted by Gasteiger charge is -2.39. The summed E-state index contributed by atoms with van der Waals surface area (Å²) in [6.45, 7) is 8.10. The van der Waals surface area contributed by atoms with Crippen LogP contribution in [0, 0.1) is 16.7 Å². The molecule has 0 spiro atoms. The molecule has 21 heavy (non-hydrogen) atoms. The predicted molar refractivity (Wildman–Crippen MR) is 87.2 cm³/mol. The molecule has 2 aliphatic rings. The molecule has 1 aromatic rings. The highest BCUT2D eigenvalue weighted by atomic mass is 16.5. The Morgan fingerprint density at radius 1 is 1.24 bits per heavy atom. The normalized spacial score (nSPS) is 35.0. The summed E-state index contributed by atoms with van der Waals surface area (Å²) in [6.07, 6.45) is 4.38. The molecule has 2 aliphatic carbocycles. The second-order valence-corrected chi connectivity index (χ2v) is 7.68. The maximum atomic E-state index is 6.42. The average Bonchev–Trinajstić information content (AvgIpc) is 2.82. The highest BCUT2D eigenvalue weighted by Gasteiger charge is 2.61. The minimum Gasteiger partial charge on any atom is -0.376 e. The maximum absolute atomic E-state index is 6.42. The van der Waals surface area contributed by atoms with Crippen LogP contribution >= 0.6 is 0 Å². The minimum absolute atomic E-state index is 0.289. The summed E-state index contributed by atoms with van der Waals surface area (Å²) >= 11 is 0. The van der Waals surface area contributed by atoms with Gasteiger partial charge in [0.1, 0.15) is 0 Å². The first-order valence-corrected chi connectivity index (χ1v) is 8.33. The Morgan fingerprint density at radius 3 is 2.48 bits per heavy atom. The number of hydrogen-bond acceptors (Lipinski definition) is 2. The third-order valence-electron chi connectivity index (χ3n) is 6.73. The Morgan fingerprint density at radius 2 is 1.95 bits per heavy atom. The van der Waals surface area contributed by atoms with E-state index in [1.807, 2.05) is 7.05 Å². The van der Waals surface area contributed by atoms with Gasteiger partial charge in [0.25, 0.3) is 0 Å². The van der Waals surface area contributed by atoms with Gasteiger partial charge in [0.05, 0.1) is 18.8 Å². The molecule has 0 radical (unpaired) electrons. The van der Waals surface area contributed by atoms with Crippen LogP contribution in [-0.4, -0.2) is 19.8 Å². The number of hydrogen-bond donors (Lipinski definition) is 1. The van der Waals surface area contributed by atoms with Gasteiger partial charge in [0.15, 0.2) is 0 Å². The molecule has 1 aromatic carbocycles. The first-order chi connectivity index (χ1) is 9.99. The van der Waals surface area contributed by atoms with Crippen molar-refractivity contribution in [3.05, 3.63) is 35.9 Å². The lowest BCUT2D eigenvalue weighted by atomic mass is 9.70. The van der Waals surface area contributed by atoms with Crippen LogP contribution in [0.15, 0.2) is 30.3 Å². The first kappa shape index (κ1) is 15.1. The zero-order chi connectivity index (χ0) is 15.1. The Balaban J connectivity index is 1.66. The van der Waals surface area contributed by atoms with E-state index >= 15 is 0 Å². The van der Waals surface area contributed by atoms with Crippen molar-refractivity contribution >= 4 is 0 Å². The molecule has 0 amide bonds. The van der Waals surface area contributed by atoms with E-state index in [0.717, 1.165) is 12.5 Å². The summed E-state index contributed by atoms with van der Waals surface area (Å²) in [4.78, 5) is 0. The van der Waals surface area contributed by atoms with E-state index in [2.05, 4.69) is 56.4 Å². The SMILES string of the molecule is CNC(CO[C@H]1C[C@H]2CC[C@]1(C)C2(C)C)c1ccccc1. The fraction of sp³-hybridized carbons (Fsp3) is 0.684. The number of likely N-dealkylation sites (N-methyl/N-ethyl adjacent to an activating group) is 1. The summed E-state index contributed by atoms with van der Waals surface area (Å²) in [6, 6.07) is 10.9. The van der Waals surface area contributed by atoms with Gasteiger partial charge in [-0.25, -0.2) is 0 Å². The van der Waals surface area contributed by atoms with Gasteiger partial charge in [-0.2, -0.15) is 0 Å². The lowest BCUT2D eigenvalue weighted by Crippen LogP contribution is -2.38. The van der Waals surface area contributed by atoms with Crippen molar-refractivity contribution < 1.29 is 4.74 Å². The molecule has 0 saturated heterocycles. The molecule has 0 aromatic heterocycles. The van der Waals surface area contributed by atoms with Crippen LogP contribution in [0.3, 0.4) is 0 Å². The van der Waals surface area contributed by atoms with E-state index < -0.39 is 0 Å². The largest absolute Gasteiger partial charge is 0.376 e. The van der Waals surface area contributed by atoms with E-state index in [-0.39, 0.29) is 6.04 Å². The third-order valence-corrected chi connectivity index (χ3v) is 6.73. The van der Waals surface area contributed by atoms with Gasteiger partial charge < -0.3 is 10.1 Å². The Bertz CT molecular complexity index is 484. The average molecular weight is 287 g/mol. The minimum atomic E-state index is 0.289. The summed E-state index contributed by atoms with van der Waals surface area (Å²) in [5.74, 6) is 0.845. The molecule has 2 nitrogen and oxygen atoms in total. The molecule has 0 aliphatic heterocycles. The zero-order valence-electron chi connectivity index (χ0n) is 13.9. The standard InChI is InChI=1S/C19H29NO/c1-18(2)15-10-11-19(18,3)17(12-15)21-13-16(20-4)14-8-6-5-7-9-14/h5-9,15-17,20H,10-13H2,1-4H3/t15-,16?,17+,19+/m1/s1. The highest BCUT2D eigenvalue weighted by Crippen LogP contribution is 2.66. The summed E-state index contributed by atoms with van der Waals surface area (Å²) in [7, 11) is 2.02. The molecular formula is C19H29NO. The quantitative estimate of drug-likeness (QED) is 0.877. The van der Waals surface area contributed by atoms with Gasteiger partial charge in [0, 0.05) is 0 Å². The van der Waals surface area contributed by atoms with Gasteiger partial charge in [-0.15, -0.1) is 0 Å². The van der Waals surface area contributed by atoms with Crippen molar-refractivity contribution in [1.29, 1.82) is 0 Å². The van der Waals surface area contributed by atoms with Crippen LogP contribution in [0.5, 0.6) is 0 Å². The maximum Gasteiger partial charge on any atom is 0.0665 e. The van der Waals surface area contributed by atoms with Crippen molar-refractivity contribution in [2.24, 2.45) is 16.7 Å². The lowest BCUT2D eigenvalue weighted by molar-refractivity contribution is -0.0532. The summed E-state index contributed by atoms with van der Waals surface area (Å²) < 4.78 is 6.42. The molecule has 2 saturated carbocycles. The first-order valence-electron chi connectivity index (χ1n) is 8.33. The van der Waals surface area contributed by atoms with Crippen molar-refractivity contribution in [3.63, 3.8) is 0 Å².